The molecule has 1 aromatic carbocycles. The lowest BCUT2D eigenvalue weighted by molar-refractivity contribution is -0.111. The molecule has 2 rings (SSSR count). The fraction of sp³-hybridized carbons (Fsp3) is 0.333. The number of benzene rings is 1. The summed E-state index contributed by atoms with van der Waals surface area (Å²) in [7, 11) is 0. The number of esters is 1. The molecule has 0 bridgehead atoms. The van der Waals surface area contributed by atoms with Crippen molar-refractivity contribution >= 4 is 28.2 Å². The summed E-state index contributed by atoms with van der Waals surface area (Å²) >= 11 is 1.37. The van der Waals surface area contributed by atoms with Gasteiger partial charge in [0.25, 0.3) is 0 Å². The first-order chi connectivity index (χ1) is 12.9. The summed E-state index contributed by atoms with van der Waals surface area (Å²) in [6, 6.07) is 7.55. The molecule has 0 saturated carbocycles. The maximum absolute atomic E-state index is 12.6. The highest BCUT2D eigenvalue weighted by Gasteiger charge is 2.25. The Bertz CT molecular complexity index is 846. The lowest BCUT2D eigenvalue weighted by atomic mass is 10.0. The molecule has 0 radical (unpaired) electrons. The summed E-state index contributed by atoms with van der Waals surface area (Å²) in [4.78, 5) is 25.7. The van der Waals surface area contributed by atoms with Crippen molar-refractivity contribution in [2.75, 3.05) is 18.5 Å². The second-order valence-corrected chi connectivity index (χ2v) is 7.35. The van der Waals surface area contributed by atoms with Crippen LogP contribution in [0.15, 0.2) is 35.9 Å². The van der Waals surface area contributed by atoms with Crippen molar-refractivity contribution in [3.8, 4) is 16.9 Å². The first-order valence-electron chi connectivity index (χ1n) is 8.87. The topological polar surface area (TPSA) is 64.6 Å². The van der Waals surface area contributed by atoms with E-state index in [1.807, 2.05) is 52.0 Å². The zero-order chi connectivity index (χ0) is 20.0. The van der Waals surface area contributed by atoms with E-state index in [4.69, 9.17) is 9.47 Å². The highest BCUT2D eigenvalue weighted by atomic mass is 32.1. The predicted octanol–water partition coefficient (Wildman–Crippen LogP) is 5.20. The minimum Gasteiger partial charge on any atom is -0.494 e. The van der Waals surface area contributed by atoms with Gasteiger partial charge in [-0.3, -0.25) is 4.79 Å². The third-order valence-electron chi connectivity index (χ3n) is 3.67. The van der Waals surface area contributed by atoms with Gasteiger partial charge in [-0.05, 0) is 52.3 Å². The first-order valence-corrected chi connectivity index (χ1v) is 9.68. The number of carbonyl (C=O) groups is 2. The van der Waals surface area contributed by atoms with E-state index in [9.17, 15) is 9.59 Å². The molecule has 2 aromatic rings. The van der Waals surface area contributed by atoms with Crippen LogP contribution in [0, 0.1) is 6.92 Å². The van der Waals surface area contributed by atoms with Gasteiger partial charge in [-0.25, -0.2) is 4.79 Å². The molecule has 1 amide bonds. The van der Waals surface area contributed by atoms with Crippen LogP contribution in [0.5, 0.6) is 5.75 Å². The van der Waals surface area contributed by atoms with Crippen LogP contribution in [-0.4, -0.2) is 25.1 Å². The van der Waals surface area contributed by atoms with Crippen molar-refractivity contribution in [2.45, 2.75) is 34.6 Å². The average molecular weight is 388 g/mol. The highest BCUT2D eigenvalue weighted by molar-refractivity contribution is 7.17. The molecule has 1 N–H and O–H groups in total. The van der Waals surface area contributed by atoms with Crippen LogP contribution in [0.3, 0.4) is 0 Å². The summed E-state index contributed by atoms with van der Waals surface area (Å²) in [5, 5.41) is 3.32. The molecule has 0 spiro atoms. The van der Waals surface area contributed by atoms with Crippen LogP contribution in [0.4, 0.5) is 5.00 Å². The van der Waals surface area contributed by atoms with E-state index in [1.54, 1.807) is 6.92 Å². The first kappa shape index (κ1) is 20.7. The van der Waals surface area contributed by atoms with Crippen LogP contribution in [0.25, 0.3) is 11.1 Å². The number of anilines is 1. The number of thiophene rings is 1. The van der Waals surface area contributed by atoms with Gasteiger partial charge in [-0.1, -0.05) is 17.7 Å². The molecular weight excluding hydrogens is 362 g/mol. The largest absolute Gasteiger partial charge is 0.494 e. The minimum atomic E-state index is -0.446. The zero-order valence-corrected chi connectivity index (χ0v) is 17.2. The van der Waals surface area contributed by atoms with E-state index in [-0.39, 0.29) is 12.5 Å². The Morgan fingerprint density at radius 3 is 2.33 bits per heavy atom. The standard InChI is InChI=1S/C21H25NO4S/c1-6-25-16-10-8-15(9-11-16)18-14(5)27-20(19(18)21(24)26-7-2)22-17(23)12-13(3)4/h8-12H,6-7H2,1-5H3,(H,22,23). The summed E-state index contributed by atoms with van der Waals surface area (Å²) in [6.07, 6.45) is 1.50. The summed E-state index contributed by atoms with van der Waals surface area (Å²) in [6.45, 7) is 10.2. The average Bonchev–Trinajstić information content (AvgIpc) is 2.91. The lowest BCUT2D eigenvalue weighted by Gasteiger charge is -2.09. The van der Waals surface area contributed by atoms with Crippen LogP contribution >= 0.6 is 11.3 Å². The van der Waals surface area contributed by atoms with E-state index < -0.39 is 5.97 Å². The SMILES string of the molecule is CCOC(=O)c1c(NC(=O)C=C(C)C)sc(C)c1-c1ccc(OCC)cc1. The van der Waals surface area contributed by atoms with E-state index in [1.165, 1.54) is 17.4 Å². The molecule has 6 heteroatoms. The summed E-state index contributed by atoms with van der Waals surface area (Å²) in [5.74, 6) is 0.0576. The van der Waals surface area contributed by atoms with Gasteiger partial charge < -0.3 is 14.8 Å². The number of rotatable bonds is 7. The van der Waals surface area contributed by atoms with Gasteiger partial charge in [0.1, 0.15) is 16.3 Å². The molecule has 27 heavy (non-hydrogen) atoms. The van der Waals surface area contributed by atoms with Crippen molar-refractivity contribution in [1.82, 2.24) is 0 Å². The molecule has 1 heterocycles. The fourth-order valence-electron chi connectivity index (χ4n) is 2.67. The molecule has 0 aliphatic rings. The summed E-state index contributed by atoms with van der Waals surface area (Å²) < 4.78 is 10.7. The van der Waals surface area contributed by atoms with Gasteiger partial charge in [-0.15, -0.1) is 11.3 Å². The molecule has 0 unspecified atom stereocenters. The monoisotopic (exact) mass is 387 g/mol. The predicted molar refractivity (Wildman–Crippen MR) is 110 cm³/mol. The fourth-order valence-corrected chi connectivity index (χ4v) is 3.74. The normalized spacial score (nSPS) is 10.3. The van der Waals surface area contributed by atoms with E-state index >= 15 is 0 Å². The summed E-state index contributed by atoms with van der Waals surface area (Å²) in [5.41, 5.74) is 2.91. The number of amides is 1. The third-order valence-corrected chi connectivity index (χ3v) is 4.69. The molecule has 0 aliphatic carbocycles. The van der Waals surface area contributed by atoms with E-state index in [0.717, 1.165) is 27.3 Å². The third kappa shape index (κ3) is 5.20. The number of carbonyl (C=O) groups excluding carboxylic acids is 2. The Morgan fingerprint density at radius 1 is 1.11 bits per heavy atom. The van der Waals surface area contributed by atoms with Gasteiger partial charge in [0.15, 0.2) is 0 Å². The van der Waals surface area contributed by atoms with Gasteiger partial charge in [0.2, 0.25) is 5.91 Å². The second kappa shape index (κ2) is 9.37. The van der Waals surface area contributed by atoms with Crippen LogP contribution in [-0.2, 0) is 9.53 Å². The van der Waals surface area contributed by atoms with Crippen molar-refractivity contribution in [3.63, 3.8) is 0 Å². The maximum atomic E-state index is 12.6. The number of aryl methyl sites for hydroxylation is 1. The van der Waals surface area contributed by atoms with Gasteiger partial charge in [0.05, 0.1) is 13.2 Å². The molecule has 5 nitrogen and oxygen atoms in total. The Kier molecular flexibility index (Phi) is 7.19. The van der Waals surface area contributed by atoms with Crippen molar-refractivity contribution in [3.05, 3.63) is 46.4 Å². The molecule has 144 valence electrons. The Hall–Kier alpha value is -2.60. The smallest absolute Gasteiger partial charge is 0.341 e. The zero-order valence-electron chi connectivity index (χ0n) is 16.3. The molecule has 0 atom stereocenters. The van der Waals surface area contributed by atoms with Gasteiger partial charge >= 0.3 is 5.97 Å². The van der Waals surface area contributed by atoms with Gasteiger partial charge in [0, 0.05) is 16.5 Å². The van der Waals surface area contributed by atoms with Crippen molar-refractivity contribution in [1.29, 1.82) is 0 Å². The molecule has 0 fully saturated rings. The molecule has 1 aromatic heterocycles. The Balaban J connectivity index is 2.51. The number of ether oxygens (including phenoxy) is 2. The number of hydrogen-bond acceptors (Lipinski definition) is 5. The van der Waals surface area contributed by atoms with Crippen LogP contribution in [0.1, 0.15) is 42.9 Å². The Labute approximate surface area is 164 Å². The lowest BCUT2D eigenvalue weighted by Crippen LogP contribution is -2.13. The highest BCUT2D eigenvalue weighted by Crippen LogP contribution is 2.40. The minimum absolute atomic E-state index is 0.262. The van der Waals surface area contributed by atoms with Gasteiger partial charge in [-0.2, -0.15) is 0 Å². The van der Waals surface area contributed by atoms with Crippen molar-refractivity contribution in [2.24, 2.45) is 0 Å². The molecule has 0 aliphatic heterocycles. The molecule has 0 saturated heterocycles. The Morgan fingerprint density at radius 2 is 1.78 bits per heavy atom. The van der Waals surface area contributed by atoms with E-state index in [0.29, 0.717) is 17.2 Å². The van der Waals surface area contributed by atoms with E-state index in [2.05, 4.69) is 5.32 Å². The maximum Gasteiger partial charge on any atom is 0.341 e. The number of nitrogens with one attached hydrogen (secondary N) is 1. The number of hydrogen-bond donors (Lipinski definition) is 1. The number of allylic oxidation sites excluding steroid dienone is 1. The quantitative estimate of drug-likeness (QED) is 0.524. The van der Waals surface area contributed by atoms with Crippen molar-refractivity contribution < 1.29 is 19.1 Å². The van der Waals surface area contributed by atoms with Crippen LogP contribution < -0.4 is 10.1 Å². The molecular formula is C21H25NO4S. The second-order valence-electron chi connectivity index (χ2n) is 6.13. The van der Waals surface area contributed by atoms with Crippen LogP contribution in [0.2, 0.25) is 0 Å².